The SMILES string of the molecule is CC(=NOC(=O)COc1ccc(Cl)cc1Cl)c1cccs1. The number of thiophene rings is 1. The summed E-state index contributed by atoms with van der Waals surface area (Å²) in [5, 5.41) is 6.50. The molecule has 0 N–H and O–H groups in total. The lowest BCUT2D eigenvalue weighted by atomic mass is 10.3. The molecule has 0 spiro atoms. The maximum atomic E-state index is 11.5. The topological polar surface area (TPSA) is 47.9 Å². The van der Waals surface area contributed by atoms with Crippen molar-refractivity contribution in [1.82, 2.24) is 0 Å². The van der Waals surface area contributed by atoms with Gasteiger partial charge in [-0.2, -0.15) is 0 Å². The summed E-state index contributed by atoms with van der Waals surface area (Å²) in [6, 6.07) is 8.52. The molecule has 21 heavy (non-hydrogen) atoms. The number of hydrogen-bond acceptors (Lipinski definition) is 5. The van der Waals surface area contributed by atoms with Gasteiger partial charge in [-0.25, -0.2) is 4.79 Å². The van der Waals surface area contributed by atoms with Crippen LogP contribution in [0.3, 0.4) is 0 Å². The average Bonchev–Trinajstić information content (AvgIpc) is 2.98. The molecule has 0 aliphatic carbocycles. The zero-order valence-electron chi connectivity index (χ0n) is 11.0. The van der Waals surface area contributed by atoms with Gasteiger partial charge in [0.05, 0.1) is 15.6 Å². The van der Waals surface area contributed by atoms with E-state index in [2.05, 4.69) is 5.16 Å². The summed E-state index contributed by atoms with van der Waals surface area (Å²) >= 11 is 13.2. The van der Waals surface area contributed by atoms with Crippen LogP contribution in [0.4, 0.5) is 0 Å². The van der Waals surface area contributed by atoms with Crippen LogP contribution in [-0.2, 0) is 9.63 Å². The molecule has 2 rings (SSSR count). The van der Waals surface area contributed by atoms with Gasteiger partial charge in [-0.15, -0.1) is 11.3 Å². The first kappa shape index (κ1) is 15.8. The molecule has 0 unspecified atom stereocenters. The molecule has 4 nitrogen and oxygen atoms in total. The average molecular weight is 344 g/mol. The molecule has 1 aromatic carbocycles. The van der Waals surface area contributed by atoms with Crippen molar-refractivity contribution >= 4 is 46.2 Å². The fourth-order valence-electron chi connectivity index (χ4n) is 1.40. The van der Waals surface area contributed by atoms with Gasteiger partial charge in [0.25, 0.3) is 0 Å². The van der Waals surface area contributed by atoms with E-state index >= 15 is 0 Å². The summed E-state index contributed by atoms with van der Waals surface area (Å²) in [5.74, 6) is -0.256. The van der Waals surface area contributed by atoms with Crippen LogP contribution in [0.1, 0.15) is 11.8 Å². The van der Waals surface area contributed by atoms with Crippen molar-refractivity contribution in [3.8, 4) is 5.75 Å². The Morgan fingerprint density at radius 1 is 1.33 bits per heavy atom. The molecule has 0 atom stereocenters. The fraction of sp³-hybridized carbons (Fsp3) is 0.143. The lowest BCUT2D eigenvalue weighted by Gasteiger charge is -2.06. The third-order valence-electron chi connectivity index (χ3n) is 2.40. The van der Waals surface area contributed by atoms with Crippen LogP contribution >= 0.6 is 34.5 Å². The van der Waals surface area contributed by atoms with Crippen molar-refractivity contribution in [1.29, 1.82) is 0 Å². The van der Waals surface area contributed by atoms with E-state index in [9.17, 15) is 4.79 Å². The first-order valence-electron chi connectivity index (χ1n) is 5.92. The summed E-state index contributed by atoms with van der Waals surface area (Å²) in [4.78, 5) is 17.3. The van der Waals surface area contributed by atoms with Crippen LogP contribution in [-0.4, -0.2) is 18.3 Å². The fourth-order valence-corrected chi connectivity index (χ4v) is 2.54. The van der Waals surface area contributed by atoms with E-state index in [1.165, 1.54) is 17.4 Å². The normalized spacial score (nSPS) is 11.3. The molecular formula is C14H11Cl2NO3S. The Morgan fingerprint density at radius 3 is 2.81 bits per heavy atom. The zero-order chi connectivity index (χ0) is 15.2. The number of nitrogens with zero attached hydrogens (tertiary/aromatic N) is 1. The number of halogens is 2. The number of hydrogen-bond donors (Lipinski definition) is 0. The van der Waals surface area contributed by atoms with Crippen molar-refractivity contribution in [3.63, 3.8) is 0 Å². The van der Waals surface area contributed by atoms with Crippen molar-refractivity contribution in [3.05, 3.63) is 50.6 Å². The quantitative estimate of drug-likeness (QED) is 0.459. The summed E-state index contributed by atoms with van der Waals surface area (Å²) in [6.07, 6.45) is 0. The van der Waals surface area contributed by atoms with Crippen molar-refractivity contribution < 1.29 is 14.4 Å². The largest absolute Gasteiger partial charge is 0.480 e. The molecule has 0 saturated carbocycles. The third-order valence-corrected chi connectivity index (χ3v) is 3.91. The number of rotatable bonds is 5. The smallest absolute Gasteiger partial charge is 0.372 e. The van der Waals surface area contributed by atoms with Gasteiger partial charge >= 0.3 is 5.97 Å². The first-order chi connectivity index (χ1) is 10.1. The third kappa shape index (κ3) is 4.74. The highest BCUT2D eigenvalue weighted by atomic mass is 35.5. The van der Waals surface area contributed by atoms with Gasteiger partial charge in [-0.3, -0.25) is 0 Å². The van der Waals surface area contributed by atoms with Gasteiger partial charge in [0.2, 0.25) is 0 Å². The predicted octanol–water partition coefficient (Wildman–Crippen LogP) is 4.40. The lowest BCUT2D eigenvalue weighted by molar-refractivity contribution is -0.146. The number of oxime groups is 1. The van der Waals surface area contributed by atoms with Crippen LogP contribution < -0.4 is 4.74 Å². The molecule has 110 valence electrons. The summed E-state index contributed by atoms with van der Waals surface area (Å²) in [7, 11) is 0. The minimum absolute atomic E-state index is 0.289. The Bertz CT molecular complexity index is 656. The monoisotopic (exact) mass is 343 g/mol. The molecule has 0 aliphatic heterocycles. The Morgan fingerprint density at radius 2 is 2.14 bits per heavy atom. The second kappa shape index (κ2) is 7.45. The first-order valence-corrected chi connectivity index (χ1v) is 7.56. The van der Waals surface area contributed by atoms with Crippen molar-refractivity contribution in [2.24, 2.45) is 5.16 Å². The van der Waals surface area contributed by atoms with Gasteiger partial charge in [-0.05, 0) is 36.6 Å². The molecule has 1 heterocycles. The van der Waals surface area contributed by atoms with Crippen LogP contribution in [0.15, 0.2) is 40.9 Å². The number of carbonyl (C=O) groups is 1. The molecule has 1 aromatic heterocycles. The van der Waals surface area contributed by atoms with E-state index in [0.29, 0.717) is 21.5 Å². The van der Waals surface area contributed by atoms with E-state index in [1.54, 1.807) is 19.1 Å². The van der Waals surface area contributed by atoms with Crippen molar-refractivity contribution in [2.75, 3.05) is 6.61 Å². The van der Waals surface area contributed by atoms with E-state index in [0.717, 1.165) is 4.88 Å². The van der Waals surface area contributed by atoms with E-state index in [-0.39, 0.29) is 6.61 Å². The van der Waals surface area contributed by atoms with Crippen LogP contribution in [0.5, 0.6) is 5.75 Å². The van der Waals surface area contributed by atoms with Crippen LogP contribution in [0, 0.1) is 0 Å². The molecule has 2 aromatic rings. The summed E-state index contributed by atoms with van der Waals surface area (Å²) in [5.41, 5.74) is 0.628. The highest BCUT2D eigenvalue weighted by molar-refractivity contribution is 7.12. The Kier molecular flexibility index (Phi) is 5.61. The summed E-state index contributed by atoms with van der Waals surface area (Å²) in [6.45, 7) is 1.47. The molecular weight excluding hydrogens is 333 g/mol. The van der Waals surface area contributed by atoms with Gasteiger partial charge in [0.1, 0.15) is 5.75 Å². The maximum Gasteiger partial charge on any atom is 0.372 e. The van der Waals surface area contributed by atoms with E-state index < -0.39 is 5.97 Å². The minimum atomic E-state index is -0.614. The van der Waals surface area contributed by atoms with Crippen LogP contribution in [0.25, 0.3) is 0 Å². The van der Waals surface area contributed by atoms with E-state index in [1.807, 2.05) is 17.5 Å². The molecule has 7 heteroatoms. The predicted molar refractivity (Wildman–Crippen MR) is 84.6 cm³/mol. The summed E-state index contributed by atoms with van der Waals surface area (Å²) < 4.78 is 5.24. The zero-order valence-corrected chi connectivity index (χ0v) is 13.3. The lowest BCUT2D eigenvalue weighted by Crippen LogP contribution is -2.13. The number of benzene rings is 1. The highest BCUT2D eigenvalue weighted by Gasteiger charge is 2.08. The Labute approximate surface area is 135 Å². The number of carbonyl (C=O) groups excluding carboxylic acids is 1. The second-order valence-electron chi connectivity index (χ2n) is 3.98. The molecule has 0 fully saturated rings. The minimum Gasteiger partial charge on any atom is -0.480 e. The molecule has 0 bridgehead atoms. The van der Waals surface area contributed by atoms with Gasteiger partial charge in [0.15, 0.2) is 6.61 Å². The highest BCUT2D eigenvalue weighted by Crippen LogP contribution is 2.27. The maximum absolute atomic E-state index is 11.5. The molecule has 0 amide bonds. The van der Waals surface area contributed by atoms with Gasteiger partial charge in [-0.1, -0.05) is 34.4 Å². The Balaban J connectivity index is 1.86. The molecule has 0 saturated heterocycles. The second-order valence-corrected chi connectivity index (χ2v) is 5.77. The standard InChI is InChI=1S/C14H11Cl2NO3S/c1-9(13-3-2-6-21-13)17-20-14(18)8-19-12-5-4-10(15)7-11(12)16/h2-7H,8H2,1H3. The van der Waals surface area contributed by atoms with Gasteiger partial charge in [0, 0.05) is 5.02 Å². The molecule has 0 radical (unpaired) electrons. The number of ether oxygens (including phenoxy) is 1. The van der Waals surface area contributed by atoms with Crippen LogP contribution in [0.2, 0.25) is 10.0 Å². The van der Waals surface area contributed by atoms with Gasteiger partial charge < -0.3 is 9.57 Å². The molecule has 0 aliphatic rings. The van der Waals surface area contributed by atoms with Crippen molar-refractivity contribution in [2.45, 2.75) is 6.92 Å². The van der Waals surface area contributed by atoms with E-state index in [4.69, 9.17) is 32.8 Å². The Hall–Kier alpha value is -1.56.